The van der Waals surface area contributed by atoms with Gasteiger partial charge in [0, 0.05) is 37.4 Å². The first-order chi connectivity index (χ1) is 17.9. The highest BCUT2D eigenvalue weighted by atomic mass is 16.3. The number of hydrogen-bond donors (Lipinski definition) is 2. The number of allylic oxidation sites excluding steroid dienone is 2. The molecule has 4 unspecified atom stereocenters. The molecular formula is C31H48N4O3. The van der Waals surface area contributed by atoms with Crippen LogP contribution in [0.1, 0.15) is 79.2 Å². The molecule has 2 amide bonds. The van der Waals surface area contributed by atoms with Gasteiger partial charge in [0.25, 0.3) is 0 Å². The summed E-state index contributed by atoms with van der Waals surface area (Å²) < 4.78 is 0. The molecule has 3 aliphatic rings. The van der Waals surface area contributed by atoms with E-state index in [0.29, 0.717) is 12.3 Å². The number of nitrogens with zero attached hydrogens (tertiary/aromatic N) is 3. The Hall–Kier alpha value is -2.54. The first-order valence-corrected chi connectivity index (χ1v) is 14.2. The van der Waals surface area contributed by atoms with Crippen LogP contribution in [-0.2, 0) is 16.0 Å². The molecule has 1 saturated heterocycles. The van der Waals surface area contributed by atoms with Crippen LogP contribution >= 0.6 is 0 Å². The predicted molar refractivity (Wildman–Crippen MR) is 151 cm³/mol. The van der Waals surface area contributed by atoms with Crippen LogP contribution in [-0.4, -0.2) is 53.1 Å². The molecule has 0 bridgehead atoms. The van der Waals surface area contributed by atoms with Crippen molar-refractivity contribution in [3.63, 3.8) is 0 Å². The molecule has 4 atom stereocenters. The van der Waals surface area contributed by atoms with Crippen LogP contribution in [0, 0.1) is 23.2 Å². The van der Waals surface area contributed by atoms with Gasteiger partial charge < -0.3 is 15.3 Å². The zero-order valence-corrected chi connectivity index (χ0v) is 24.4. The number of benzene rings is 1. The van der Waals surface area contributed by atoms with Crippen molar-refractivity contribution >= 4 is 11.8 Å². The van der Waals surface area contributed by atoms with Gasteiger partial charge in [0.2, 0.25) is 11.8 Å². The zero-order valence-electron chi connectivity index (χ0n) is 24.4. The Balaban J connectivity index is 0.000000375. The third kappa shape index (κ3) is 7.98. The first kappa shape index (κ1) is 30.0. The molecule has 0 radical (unpaired) electrons. The molecule has 2 aliphatic carbocycles. The second-order valence-electron chi connectivity index (χ2n) is 12.6. The lowest BCUT2D eigenvalue weighted by atomic mass is 9.81. The highest BCUT2D eigenvalue weighted by molar-refractivity contribution is 5.90. The average Bonchev–Trinajstić information content (AvgIpc) is 3.79. The van der Waals surface area contributed by atoms with Crippen molar-refractivity contribution in [3.8, 4) is 0 Å². The summed E-state index contributed by atoms with van der Waals surface area (Å²) in [7, 11) is 1.71. The molecule has 1 aromatic carbocycles. The minimum absolute atomic E-state index is 0.0506. The predicted octanol–water partition coefficient (Wildman–Crippen LogP) is 5.54. The van der Waals surface area contributed by atoms with E-state index in [1.165, 1.54) is 18.4 Å². The number of carbonyl (C=O) groups excluding carboxylic acids is 2. The van der Waals surface area contributed by atoms with Crippen LogP contribution in [0.15, 0.2) is 52.3 Å². The van der Waals surface area contributed by atoms with Crippen molar-refractivity contribution in [2.24, 2.45) is 33.4 Å². The van der Waals surface area contributed by atoms with E-state index in [2.05, 4.69) is 34.6 Å². The Bertz CT molecular complexity index is 1010. The quantitative estimate of drug-likeness (QED) is 0.437. The molecule has 0 aromatic heterocycles. The molecule has 38 heavy (non-hydrogen) atoms. The van der Waals surface area contributed by atoms with Gasteiger partial charge in [-0.3, -0.25) is 9.59 Å². The number of hydrogen-bond acceptors (Lipinski definition) is 5. The number of carbonyl (C=O) groups is 2. The Morgan fingerprint density at radius 1 is 1.13 bits per heavy atom. The van der Waals surface area contributed by atoms with E-state index in [4.69, 9.17) is 0 Å². The lowest BCUT2D eigenvalue weighted by Gasteiger charge is -2.36. The number of azo groups is 1. The minimum Gasteiger partial charge on any atom is -0.391 e. The molecule has 1 aliphatic heterocycles. The van der Waals surface area contributed by atoms with Gasteiger partial charge in [-0.25, -0.2) is 0 Å². The van der Waals surface area contributed by atoms with E-state index in [1.807, 2.05) is 58.9 Å². The Morgan fingerprint density at radius 2 is 1.76 bits per heavy atom. The fourth-order valence-corrected chi connectivity index (χ4v) is 5.19. The number of amides is 2. The summed E-state index contributed by atoms with van der Waals surface area (Å²) in [5, 5.41) is 21.2. The van der Waals surface area contributed by atoms with Crippen molar-refractivity contribution in [3.05, 3.63) is 47.7 Å². The third-order valence-corrected chi connectivity index (χ3v) is 8.34. The van der Waals surface area contributed by atoms with Crippen LogP contribution in [0.4, 0.5) is 0 Å². The fraction of sp³-hybridized carbons (Fsp3) is 0.677. The first-order valence-electron chi connectivity index (χ1n) is 14.2. The largest absolute Gasteiger partial charge is 0.391 e. The molecule has 7 nitrogen and oxygen atoms in total. The van der Waals surface area contributed by atoms with E-state index >= 15 is 0 Å². The molecule has 1 heterocycles. The van der Waals surface area contributed by atoms with Crippen LogP contribution in [0.3, 0.4) is 0 Å². The third-order valence-electron chi connectivity index (χ3n) is 8.34. The molecular weight excluding hydrogens is 476 g/mol. The monoisotopic (exact) mass is 524 g/mol. The van der Waals surface area contributed by atoms with Crippen molar-refractivity contribution in [1.29, 1.82) is 0 Å². The van der Waals surface area contributed by atoms with Crippen LogP contribution in [0.5, 0.6) is 0 Å². The number of likely N-dealkylation sites (tertiary alicyclic amines) is 1. The average molecular weight is 525 g/mol. The van der Waals surface area contributed by atoms with Gasteiger partial charge in [-0.2, -0.15) is 10.2 Å². The highest BCUT2D eigenvalue weighted by Gasteiger charge is 2.47. The second-order valence-corrected chi connectivity index (χ2v) is 12.6. The van der Waals surface area contributed by atoms with Crippen LogP contribution in [0.2, 0.25) is 0 Å². The summed E-state index contributed by atoms with van der Waals surface area (Å²) in [5.41, 5.74) is 1.83. The van der Waals surface area contributed by atoms with Crippen molar-refractivity contribution in [2.75, 3.05) is 13.6 Å². The Kier molecular flexibility index (Phi) is 9.91. The zero-order chi connectivity index (χ0) is 28.1. The van der Waals surface area contributed by atoms with Crippen molar-refractivity contribution in [2.45, 2.75) is 97.8 Å². The van der Waals surface area contributed by atoms with E-state index in [-0.39, 0.29) is 35.2 Å². The maximum Gasteiger partial charge on any atom is 0.243 e. The lowest BCUT2D eigenvalue weighted by Crippen LogP contribution is -2.56. The molecule has 3 fully saturated rings. The van der Waals surface area contributed by atoms with Gasteiger partial charge in [-0.1, -0.05) is 64.1 Å². The van der Waals surface area contributed by atoms with E-state index in [1.54, 1.807) is 11.9 Å². The lowest BCUT2D eigenvalue weighted by molar-refractivity contribution is -0.144. The van der Waals surface area contributed by atoms with Crippen molar-refractivity contribution < 1.29 is 14.7 Å². The summed E-state index contributed by atoms with van der Waals surface area (Å²) >= 11 is 0. The summed E-state index contributed by atoms with van der Waals surface area (Å²) in [6.07, 6.45) is 7.30. The van der Waals surface area contributed by atoms with Crippen molar-refractivity contribution in [1.82, 2.24) is 10.2 Å². The molecule has 0 spiro atoms. The fourth-order valence-electron chi connectivity index (χ4n) is 5.19. The summed E-state index contributed by atoms with van der Waals surface area (Å²) in [4.78, 5) is 28.0. The van der Waals surface area contributed by atoms with Crippen LogP contribution in [0.25, 0.3) is 0 Å². The highest BCUT2D eigenvalue weighted by Crippen LogP contribution is 2.42. The summed E-state index contributed by atoms with van der Waals surface area (Å²) in [5.74, 6) is 0.781. The van der Waals surface area contributed by atoms with Gasteiger partial charge in [0.05, 0.1) is 11.8 Å². The molecule has 7 heteroatoms. The summed E-state index contributed by atoms with van der Waals surface area (Å²) in [6, 6.07) is 9.62. The topological polar surface area (TPSA) is 94.4 Å². The minimum atomic E-state index is -0.650. The second kappa shape index (κ2) is 12.5. The standard InChI is InChI=1S/C24H36N2O3.C7H12N2/c1-16(23(2,3)4)22(29)26-15-19(27)13-20(26)21(28)25-24(5,18-11-12-18)14-17-9-7-6-8-10-17;1-3-7(9-8-2)6-4-5-6/h6-10,16,18-20,27H,11-15H2,1-5H3,(H,25,28);3,6H,4-5H2,1-2H3/b;7-3-,9-8?. The van der Waals surface area contributed by atoms with Gasteiger partial charge in [0.15, 0.2) is 0 Å². The van der Waals surface area contributed by atoms with Gasteiger partial charge in [-0.05, 0) is 62.8 Å². The molecule has 4 rings (SSSR count). The molecule has 2 N–H and O–H groups in total. The smallest absolute Gasteiger partial charge is 0.243 e. The van der Waals surface area contributed by atoms with Gasteiger partial charge in [-0.15, -0.1) is 0 Å². The van der Waals surface area contributed by atoms with E-state index < -0.39 is 12.1 Å². The number of aliphatic hydroxyl groups is 1. The van der Waals surface area contributed by atoms with Crippen LogP contribution < -0.4 is 5.32 Å². The molecule has 1 aromatic rings. The summed E-state index contributed by atoms with van der Waals surface area (Å²) in [6.45, 7) is 12.4. The number of nitrogens with one attached hydrogen (secondary N) is 1. The maximum atomic E-state index is 13.3. The van der Waals surface area contributed by atoms with Gasteiger partial charge >= 0.3 is 0 Å². The number of aliphatic hydroxyl groups excluding tert-OH is 1. The van der Waals surface area contributed by atoms with E-state index in [0.717, 1.165) is 30.9 Å². The number of β-amino-alcohol motifs (C(OH)–C–C–N with tert-alkyl or cyclic N) is 1. The Labute approximate surface area is 229 Å². The number of rotatable bonds is 8. The SMILES string of the molecule is C/C=C(\N=NC)C1CC1.CC(C(=O)N1CC(O)CC1C(=O)NC(C)(Cc1ccccc1)C1CC1)C(C)(C)C. The Morgan fingerprint density at radius 3 is 2.26 bits per heavy atom. The van der Waals surface area contributed by atoms with Gasteiger partial charge in [0.1, 0.15) is 6.04 Å². The normalized spacial score (nSPS) is 24.4. The molecule has 210 valence electrons. The maximum absolute atomic E-state index is 13.3. The molecule has 2 saturated carbocycles. The van der Waals surface area contributed by atoms with E-state index in [9.17, 15) is 14.7 Å².